The molecule has 0 atom stereocenters. The molecule has 0 aliphatic rings. The Morgan fingerprint density at radius 3 is 2.23 bits per heavy atom. The van der Waals surface area contributed by atoms with Gasteiger partial charge in [-0.3, -0.25) is 0 Å². The molecule has 0 aliphatic heterocycles. The molecule has 0 fully saturated rings. The molecule has 0 radical (unpaired) electrons. The van der Waals surface area contributed by atoms with Gasteiger partial charge in [-0.1, -0.05) is 69.4 Å². The molecule has 0 heterocycles. The minimum Gasteiger partial charge on any atom is -0.462 e. The van der Waals surface area contributed by atoms with Crippen molar-refractivity contribution >= 4 is 0 Å². The molecule has 1 nitrogen and oxygen atoms in total. The maximum absolute atomic E-state index is 14.3. The highest BCUT2D eigenvalue weighted by molar-refractivity contribution is 5.65. The fourth-order valence-electron chi connectivity index (χ4n) is 2.95. The molecule has 0 bridgehead atoms. The lowest BCUT2D eigenvalue weighted by atomic mass is 10.00. The highest BCUT2D eigenvalue weighted by Gasteiger charge is 2.15. The van der Waals surface area contributed by atoms with Crippen molar-refractivity contribution in [1.82, 2.24) is 0 Å². The monoisotopic (exact) mass is 358 g/mol. The Labute approximate surface area is 155 Å². The SMILES string of the molecule is CC=COc1ccc(-c2ccc(CCCCCCCC)cc2)c(F)c1F. The van der Waals surface area contributed by atoms with Crippen LogP contribution in [0.5, 0.6) is 5.75 Å². The van der Waals surface area contributed by atoms with Crippen LogP contribution in [-0.4, -0.2) is 0 Å². The number of hydrogen-bond donors (Lipinski definition) is 0. The lowest BCUT2D eigenvalue weighted by Gasteiger charge is -2.09. The first-order valence-corrected chi connectivity index (χ1v) is 9.52. The third-order valence-electron chi connectivity index (χ3n) is 4.46. The van der Waals surface area contributed by atoms with Crippen molar-refractivity contribution < 1.29 is 13.5 Å². The van der Waals surface area contributed by atoms with Crippen LogP contribution in [0.2, 0.25) is 0 Å². The Kier molecular flexibility index (Phi) is 8.33. The van der Waals surface area contributed by atoms with Crippen LogP contribution in [0.25, 0.3) is 11.1 Å². The largest absolute Gasteiger partial charge is 0.462 e. The summed E-state index contributed by atoms with van der Waals surface area (Å²) in [5.74, 6) is -1.95. The van der Waals surface area contributed by atoms with E-state index in [9.17, 15) is 8.78 Å². The normalized spacial score (nSPS) is 11.2. The fraction of sp³-hybridized carbons (Fsp3) is 0.391. The van der Waals surface area contributed by atoms with Crippen molar-refractivity contribution in [3.63, 3.8) is 0 Å². The summed E-state index contributed by atoms with van der Waals surface area (Å²) in [5, 5.41) is 0. The molecule has 0 saturated heterocycles. The van der Waals surface area contributed by atoms with Crippen LogP contribution in [0.4, 0.5) is 8.78 Å². The van der Waals surface area contributed by atoms with E-state index in [1.165, 1.54) is 56.4 Å². The Hall–Kier alpha value is -2.16. The van der Waals surface area contributed by atoms with E-state index in [4.69, 9.17) is 4.74 Å². The number of aryl methyl sites for hydroxylation is 1. The summed E-state index contributed by atoms with van der Waals surface area (Å²) in [6.07, 6.45) is 11.6. The van der Waals surface area contributed by atoms with Gasteiger partial charge in [0.25, 0.3) is 0 Å². The molecule has 0 spiro atoms. The molecule has 0 amide bonds. The smallest absolute Gasteiger partial charge is 0.201 e. The van der Waals surface area contributed by atoms with Crippen molar-refractivity contribution in [2.75, 3.05) is 0 Å². The van der Waals surface area contributed by atoms with E-state index in [2.05, 4.69) is 6.92 Å². The predicted octanol–water partition coefficient (Wildman–Crippen LogP) is 7.45. The van der Waals surface area contributed by atoms with Gasteiger partial charge in [0.15, 0.2) is 11.6 Å². The van der Waals surface area contributed by atoms with Crippen molar-refractivity contribution in [3.05, 3.63) is 65.9 Å². The molecule has 0 unspecified atom stereocenters. The van der Waals surface area contributed by atoms with E-state index in [1.807, 2.05) is 24.3 Å². The number of allylic oxidation sites excluding steroid dienone is 1. The lowest BCUT2D eigenvalue weighted by Crippen LogP contribution is -1.95. The van der Waals surface area contributed by atoms with E-state index < -0.39 is 11.6 Å². The summed E-state index contributed by atoms with van der Waals surface area (Å²) in [4.78, 5) is 0. The minimum absolute atomic E-state index is 0.107. The zero-order valence-corrected chi connectivity index (χ0v) is 15.7. The van der Waals surface area contributed by atoms with Crippen molar-refractivity contribution in [3.8, 4) is 16.9 Å². The maximum atomic E-state index is 14.3. The zero-order chi connectivity index (χ0) is 18.8. The molecule has 2 rings (SSSR count). The number of unbranched alkanes of at least 4 members (excludes halogenated alkanes) is 5. The number of ether oxygens (including phenoxy) is 1. The summed E-state index contributed by atoms with van der Waals surface area (Å²) in [7, 11) is 0. The van der Waals surface area contributed by atoms with Gasteiger partial charge in [-0.25, -0.2) is 4.39 Å². The van der Waals surface area contributed by atoms with Crippen LogP contribution in [-0.2, 0) is 6.42 Å². The van der Waals surface area contributed by atoms with Crippen molar-refractivity contribution in [2.24, 2.45) is 0 Å². The second-order valence-electron chi connectivity index (χ2n) is 6.54. The number of halogens is 2. The Morgan fingerprint density at radius 2 is 1.54 bits per heavy atom. The quantitative estimate of drug-likeness (QED) is 0.316. The first-order valence-electron chi connectivity index (χ1n) is 9.52. The number of benzene rings is 2. The predicted molar refractivity (Wildman–Crippen MR) is 104 cm³/mol. The molecule has 0 aromatic heterocycles. The van der Waals surface area contributed by atoms with Crippen LogP contribution in [0.1, 0.15) is 57.9 Å². The maximum Gasteiger partial charge on any atom is 0.201 e. The van der Waals surface area contributed by atoms with E-state index in [-0.39, 0.29) is 11.3 Å². The van der Waals surface area contributed by atoms with Crippen LogP contribution >= 0.6 is 0 Å². The highest BCUT2D eigenvalue weighted by Crippen LogP contribution is 2.30. The Balaban J connectivity index is 1.98. The molecule has 26 heavy (non-hydrogen) atoms. The molecule has 140 valence electrons. The molecule has 2 aromatic carbocycles. The van der Waals surface area contributed by atoms with E-state index >= 15 is 0 Å². The highest BCUT2D eigenvalue weighted by atomic mass is 19.2. The first-order chi connectivity index (χ1) is 12.7. The van der Waals surface area contributed by atoms with Gasteiger partial charge in [0, 0.05) is 5.56 Å². The van der Waals surface area contributed by atoms with Crippen molar-refractivity contribution in [1.29, 1.82) is 0 Å². The van der Waals surface area contributed by atoms with Gasteiger partial charge >= 0.3 is 0 Å². The average molecular weight is 358 g/mol. The van der Waals surface area contributed by atoms with Crippen LogP contribution in [0, 0.1) is 11.6 Å². The second kappa shape index (κ2) is 10.7. The van der Waals surface area contributed by atoms with Gasteiger partial charge in [-0.2, -0.15) is 4.39 Å². The van der Waals surface area contributed by atoms with E-state index in [0.717, 1.165) is 6.42 Å². The summed E-state index contributed by atoms with van der Waals surface area (Å²) in [6, 6.07) is 10.7. The van der Waals surface area contributed by atoms with Crippen molar-refractivity contribution in [2.45, 2.75) is 58.8 Å². The lowest BCUT2D eigenvalue weighted by molar-refractivity contribution is 0.415. The molecular formula is C23H28F2O. The molecule has 0 N–H and O–H groups in total. The summed E-state index contributed by atoms with van der Waals surface area (Å²) in [5.41, 5.74) is 2.16. The minimum atomic E-state index is -0.961. The van der Waals surface area contributed by atoms with Gasteiger partial charge in [0.2, 0.25) is 5.82 Å². The molecular weight excluding hydrogens is 330 g/mol. The van der Waals surface area contributed by atoms with Gasteiger partial charge in [-0.15, -0.1) is 0 Å². The molecule has 2 aromatic rings. The summed E-state index contributed by atoms with van der Waals surface area (Å²) in [6.45, 7) is 3.97. The number of rotatable bonds is 10. The Bertz CT molecular complexity index is 705. The third kappa shape index (κ3) is 5.69. The third-order valence-corrected chi connectivity index (χ3v) is 4.46. The first kappa shape index (κ1) is 20.2. The average Bonchev–Trinajstić information content (AvgIpc) is 2.66. The Morgan fingerprint density at radius 1 is 0.846 bits per heavy atom. The topological polar surface area (TPSA) is 9.23 Å². The van der Waals surface area contributed by atoms with Crippen LogP contribution < -0.4 is 4.74 Å². The van der Waals surface area contributed by atoms with Gasteiger partial charge in [-0.05, 0) is 43.0 Å². The number of hydrogen-bond acceptors (Lipinski definition) is 1. The van der Waals surface area contributed by atoms with Crippen LogP contribution in [0.3, 0.4) is 0 Å². The fourth-order valence-corrected chi connectivity index (χ4v) is 2.95. The van der Waals surface area contributed by atoms with E-state index in [0.29, 0.717) is 5.56 Å². The standard InChI is InChI=1S/C23H28F2O/c1-3-5-6-7-8-9-10-18-11-13-19(14-12-18)20-15-16-21(26-17-4-2)23(25)22(20)24/h4,11-17H,3,5-10H2,1-2H3. The van der Waals surface area contributed by atoms with Crippen LogP contribution in [0.15, 0.2) is 48.7 Å². The molecule has 0 saturated carbocycles. The zero-order valence-electron chi connectivity index (χ0n) is 15.7. The van der Waals surface area contributed by atoms with Gasteiger partial charge in [0.05, 0.1) is 6.26 Å². The van der Waals surface area contributed by atoms with Gasteiger partial charge in [0.1, 0.15) is 0 Å². The molecule has 3 heteroatoms. The summed E-state index contributed by atoms with van der Waals surface area (Å²) < 4.78 is 33.5. The summed E-state index contributed by atoms with van der Waals surface area (Å²) >= 11 is 0. The molecule has 0 aliphatic carbocycles. The van der Waals surface area contributed by atoms with Gasteiger partial charge < -0.3 is 4.74 Å². The second-order valence-corrected chi connectivity index (χ2v) is 6.54. The van der Waals surface area contributed by atoms with E-state index in [1.54, 1.807) is 19.1 Å².